The maximum atomic E-state index is 5.74. The number of nitrogens with two attached hydrogens (primary N) is 1. The minimum absolute atomic E-state index is 0.544. The van der Waals surface area contributed by atoms with Crippen LogP contribution in [0.4, 0.5) is 11.6 Å². The van der Waals surface area contributed by atoms with Gasteiger partial charge in [0.2, 0.25) is 0 Å². The van der Waals surface area contributed by atoms with Gasteiger partial charge in [-0.1, -0.05) is 0 Å². The summed E-state index contributed by atoms with van der Waals surface area (Å²) in [5.41, 5.74) is 5.74. The molecule has 1 aliphatic rings. The quantitative estimate of drug-likeness (QED) is 0.838. The summed E-state index contributed by atoms with van der Waals surface area (Å²) in [6.07, 6.45) is 1.26. The first kappa shape index (κ1) is 12.1. The molecule has 1 aliphatic heterocycles. The van der Waals surface area contributed by atoms with Crippen molar-refractivity contribution in [3.63, 3.8) is 0 Å². The number of likely N-dealkylation sites (tertiary alicyclic amines) is 1. The van der Waals surface area contributed by atoms with Crippen molar-refractivity contribution in [1.82, 2.24) is 14.9 Å². The molecule has 2 N–H and O–H groups in total. The van der Waals surface area contributed by atoms with Gasteiger partial charge >= 0.3 is 0 Å². The average molecular weight is 235 g/mol. The van der Waals surface area contributed by atoms with Crippen molar-refractivity contribution in [2.45, 2.75) is 13.3 Å². The third kappa shape index (κ3) is 3.06. The number of anilines is 2. The highest BCUT2D eigenvalue weighted by Crippen LogP contribution is 2.19. The van der Waals surface area contributed by atoms with E-state index in [1.807, 2.05) is 13.0 Å². The molecule has 1 fully saturated rings. The Balaban J connectivity index is 2.01. The lowest BCUT2D eigenvalue weighted by molar-refractivity contribution is 0.395. The maximum Gasteiger partial charge on any atom is 0.134 e. The first-order valence-electron chi connectivity index (χ1n) is 6.05. The van der Waals surface area contributed by atoms with Crippen molar-refractivity contribution >= 4 is 11.6 Å². The second-order valence-electron chi connectivity index (χ2n) is 5.00. The van der Waals surface area contributed by atoms with Gasteiger partial charge in [-0.15, -0.1) is 0 Å². The highest BCUT2D eigenvalue weighted by molar-refractivity contribution is 5.46. The highest BCUT2D eigenvalue weighted by Gasteiger charge is 2.21. The van der Waals surface area contributed by atoms with Gasteiger partial charge in [0, 0.05) is 26.2 Å². The molecule has 5 nitrogen and oxygen atoms in total. The molecule has 1 unspecified atom stereocenters. The maximum absolute atomic E-state index is 5.74. The predicted octanol–water partition coefficient (Wildman–Crippen LogP) is 0.755. The standard InChI is InChI=1S/C12H21N5/c1-9-14-11(13)6-12(15-9)17(3)8-10-4-5-16(2)7-10/h6,10H,4-5,7-8H2,1-3H3,(H2,13,14,15). The van der Waals surface area contributed by atoms with Crippen molar-refractivity contribution in [2.75, 3.05) is 44.4 Å². The molecule has 2 heterocycles. The lowest BCUT2D eigenvalue weighted by atomic mass is 10.1. The van der Waals surface area contributed by atoms with E-state index < -0.39 is 0 Å². The summed E-state index contributed by atoms with van der Waals surface area (Å²) >= 11 is 0. The number of hydrogen-bond donors (Lipinski definition) is 1. The number of rotatable bonds is 3. The van der Waals surface area contributed by atoms with Crippen LogP contribution in [0.3, 0.4) is 0 Å². The normalized spacial score (nSPS) is 20.8. The van der Waals surface area contributed by atoms with Crippen LogP contribution in [0, 0.1) is 12.8 Å². The molecule has 0 aromatic carbocycles. The first-order valence-corrected chi connectivity index (χ1v) is 6.05. The van der Waals surface area contributed by atoms with Crippen LogP contribution in [0.15, 0.2) is 6.07 Å². The minimum atomic E-state index is 0.544. The van der Waals surface area contributed by atoms with Crippen LogP contribution in [-0.2, 0) is 0 Å². The Hall–Kier alpha value is -1.36. The molecule has 94 valence electrons. The van der Waals surface area contributed by atoms with E-state index in [-0.39, 0.29) is 0 Å². The Morgan fingerprint density at radius 3 is 2.88 bits per heavy atom. The van der Waals surface area contributed by atoms with Gasteiger partial charge in [-0.25, -0.2) is 9.97 Å². The van der Waals surface area contributed by atoms with E-state index in [9.17, 15) is 0 Å². The summed E-state index contributed by atoms with van der Waals surface area (Å²) in [6, 6.07) is 1.84. The van der Waals surface area contributed by atoms with E-state index in [0.29, 0.717) is 5.82 Å². The summed E-state index contributed by atoms with van der Waals surface area (Å²) < 4.78 is 0. The Morgan fingerprint density at radius 1 is 1.53 bits per heavy atom. The smallest absolute Gasteiger partial charge is 0.134 e. The Labute approximate surface area is 103 Å². The van der Waals surface area contributed by atoms with E-state index in [4.69, 9.17) is 5.73 Å². The molecule has 0 amide bonds. The fourth-order valence-electron chi connectivity index (χ4n) is 2.43. The van der Waals surface area contributed by atoms with E-state index in [1.165, 1.54) is 19.5 Å². The van der Waals surface area contributed by atoms with Crippen LogP contribution in [-0.4, -0.2) is 48.6 Å². The molecule has 0 aliphatic carbocycles. The molecular formula is C12H21N5. The van der Waals surface area contributed by atoms with Gasteiger partial charge in [-0.2, -0.15) is 0 Å². The van der Waals surface area contributed by atoms with Crippen molar-refractivity contribution in [3.8, 4) is 0 Å². The molecule has 0 saturated carbocycles. The zero-order chi connectivity index (χ0) is 12.4. The Morgan fingerprint density at radius 2 is 2.29 bits per heavy atom. The van der Waals surface area contributed by atoms with Gasteiger partial charge in [0.05, 0.1) is 0 Å². The second kappa shape index (κ2) is 4.87. The van der Waals surface area contributed by atoms with Gasteiger partial charge in [0.15, 0.2) is 0 Å². The third-order valence-electron chi connectivity index (χ3n) is 3.26. The van der Waals surface area contributed by atoms with E-state index >= 15 is 0 Å². The molecule has 1 aromatic rings. The van der Waals surface area contributed by atoms with Crippen LogP contribution >= 0.6 is 0 Å². The first-order chi connectivity index (χ1) is 8.04. The third-order valence-corrected chi connectivity index (χ3v) is 3.26. The Bertz CT molecular complexity index is 372. The number of aryl methyl sites for hydroxylation is 1. The fraction of sp³-hybridized carbons (Fsp3) is 0.667. The van der Waals surface area contributed by atoms with Crippen molar-refractivity contribution in [2.24, 2.45) is 5.92 Å². The molecule has 17 heavy (non-hydrogen) atoms. The lowest BCUT2D eigenvalue weighted by Gasteiger charge is -2.22. The monoisotopic (exact) mass is 235 g/mol. The topological polar surface area (TPSA) is 58.3 Å². The molecule has 2 rings (SSSR count). The fourth-order valence-corrected chi connectivity index (χ4v) is 2.43. The molecular weight excluding hydrogens is 214 g/mol. The molecule has 1 aromatic heterocycles. The van der Waals surface area contributed by atoms with Crippen molar-refractivity contribution in [3.05, 3.63) is 11.9 Å². The zero-order valence-electron chi connectivity index (χ0n) is 10.8. The summed E-state index contributed by atoms with van der Waals surface area (Å²) in [4.78, 5) is 13.1. The van der Waals surface area contributed by atoms with Gasteiger partial charge in [0.25, 0.3) is 0 Å². The van der Waals surface area contributed by atoms with Crippen LogP contribution in [0.1, 0.15) is 12.2 Å². The van der Waals surface area contributed by atoms with Crippen LogP contribution in [0.25, 0.3) is 0 Å². The van der Waals surface area contributed by atoms with Crippen LogP contribution in [0.5, 0.6) is 0 Å². The van der Waals surface area contributed by atoms with Crippen molar-refractivity contribution in [1.29, 1.82) is 0 Å². The van der Waals surface area contributed by atoms with Gasteiger partial charge in [-0.05, 0) is 32.9 Å². The molecule has 1 atom stereocenters. The summed E-state index contributed by atoms with van der Waals surface area (Å²) in [6.45, 7) is 5.27. The lowest BCUT2D eigenvalue weighted by Crippen LogP contribution is -2.28. The van der Waals surface area contributed by atoms with Gasteiger partial charge < -0.3 is 15.5 Å². The van der Waals surface area contributed by atoms with Crippen LogP contribution < -0.4 is 10.6 Å². The largest absolute Gasteiger partial charge is 0.384 e. The van der Waals surface area contributed by atoms with E-state index in [2.05, 4.69) is 33.9 Å². The zero-order valence-corrected chi connectivity index (χ0v) is 10.8. The van der Waals surface area contributed by atoms with Gasteiger partial charge in [-0.3, -0.25) is 0 Å². The Kier molecular flexibility index (Phi) is 3.47. The molecule has 5 heteroatoms. The van der Waals surface area contributed by atoms with Crippen LogP contribution in [0.2, 0.25) is 0 Å². The number of aromatic nitrogens is 2. The minimum Gasteiger partial charge on any atom is -0.384 e. The molecule has 0 spiro atoms. The predicted molar refractivity (Wildman–Crippen MR) is 70.1 cm³/mol. The molecule has 0 radical (unpaired) electrons. The van der Waals surface area contributed by atoms with Gasteiger partial charge in [0.1, 0.15) is 17.5 Å². The summed E-state index contributed by atoms with van der Waals surface area (Å²) in [5, 5.41) is 0. The summed E-state index contributed by atoms with van der Waals surface area (Å²) in [5.74, 6) is 2.92. The SMILES string of the molecule is Cc1nc(N)cc(N(C)CC2CCN(C)C2)n1. The number of nitrogens with zero attached hydrogens (tertiary/aromatic N) is 4. The average Bonchev–Trinajstić information content (AvgIpc) is 2.62. The summed E-state index contributed by atoms with van der Waals surface area (Å²) in [7, 11) is 4.24. The molecule has 0 bridgehead atoms. The highest BCUT2D eigenvalue weighted by atomic mass is 15.2. The molecule has 1 saturated heterocycles. The van der Waals surface area contributed by atoms with E-state index in [0.717, 1.165) is 24.1 Å². The number of hydrogen-bond acceptors (Lipinski definition) is 5. The number of nitrogen functional groups attached to an aromatic ring is 1. The van der Waals surface area contributed by atoms with Crippen molar-refractivity contribution < 1.29 is 0 Å². The van der Waals surface area contributed by atoms with E-state index in [1.54, 1.807) is 0 Å². The second-order valence-corrected chi connectivity index (χ2v) is 5.00.